The summed E-state index contributed by atoms with van der Waals surface area (Å²) in [6, 6.07) is 1.84. The summed E-state index contributed by atoms with van der Waals surface area (Å²) >= 11 is 5.83. The standard InChI is InChI=1S/C12H13ClN2O2/c1-7-4-11(12(16)8(2)13)9(3)15(7)10-5-14-17-6-10/h4-6,8H,1-3H3. The monoisotopic (exact) mass is 252 g/mol. The minimum absolute atomic E-state index is 0.0672. The van der Waals surface area contributed by atoms with Gasteiger partial charge in [-0.3, -0.25) is 4.79 Å². The first kappa shape index (κ1) is 11.9. The molecule has 2 rings (SSSR count). The molecule has 1 unspecified atom stereocenters. The van der Waals surface area contributed by atoms with Crippen molar-refractivity contribution in [3.8, 4) is 5.69 Å². The van der Waals surface area contributed by atoms with Crippen LogP contribution >= 0.6 is 11.6 Å². The minimum Gasteiger partial charge on any atom is -0.362 e. The Morgan fingerprint density at radius 3 is 2.76 bits per heavy atom. The summed E-state index contributed by atoms with van der Waals surface area (Å²) in [7, 11) is 0. The molecule has 2 heterocycles. The first-order valence-corrected chi connectivity index (χ1v) is 5.73. The van der Waals surface area contributed by atoms with E-state index in [9.17, 15) is 4.79 Å². The van der Waals surface area contributed by atoms with Gasteiger partial charge in [0, 0.05) is 17.0 Å². The molecule has 1 atom stereocenters. The maximum Gasteiger partial charge on any atom is 0.182 e. The maximum absolute atomic E-state index is 11.9. The number of rotatable bonds is 3. The fourth-order valence-corrected chi connectivity index (χ4v) is 2.05. The number of carbonyl (C=O) groups is 1. The van der Waals surface area contributed by atoms with E-state index < -0.39 is 5.38 Å². The third-order valence-electron chi connectivity index (χ3n) is 2.74. The summed E-state index contributed by atoms with van der Waals surface area (Å²) in [5.74, 6) is -0.0672. The lowest BCUT2D eigenvalue weighted by atomic mass is 10.1. The molecule has 0 saturated carbocycles. The Labute approximate surface area is 104 Å². The van der Waals surface area contributed by atoms with Crippen LogP contribution in [0.3, 0.4) is 0 Å². The van der Waals surface area contributed by atoms with E-state index >= 15 is 0 Å². The highest BCUT2D eigenvalue weighted by Crippen LogP contribution is 2.22. The van der Waals surface area contributed by atoms with E-state index in [0.717, 1.165) is 17.1 Å². The Balaban J connectivity index is 2.54. The maximum atomic E-state index is 11.9. The Morgan fingerprint density at radius 1 is 1.53 bits per heavy atom. The van der Waals surface area contributed by atoms with Crippen LogP contribution in [-0.4, -0.2) is 20.9 Å². The molecule has 0 radical (unpaired) electrons. The second-order valence-corrected chi connectivity index (χ2v) is 4.64. The van der Waals surface area contributed by atoms with Crippen molar-refractivity contribution < 1.29 is 9.32 Å². The third-order valence-corrected chi connectivity index (χ3v) is 2.93. The van der Waals surface area contributed by atoms with Gasteiger partial charge in [-0.1, -0.05) is 5.16 Å². The molecular formula is C12H13ClN2O2. The highest BCUT2D eigenvalue weighted by molar-refractivity contribution is 6.33. The van der Waals surface area contributed by atoms with Crippen molar-refractivity contribution >= 4 is 17.4 Å². The largest absolute Gasteiger partial charge is 0.362 e. The number of Topliss-reactive ketones (excluding diaryl/α,β-unsaturated/α-hetero) is 1. The van der Waals surface area contributed by atoms with Crippen LogP contribution in [0.5, 0.6) is 0 Å². The predicted octanol–water partition coefficient (Wildman–Crippen LogP) is 2.89. The molecule has 0 amide bonds. The van der Waals surface area contributed by atoms with Gasteiger partial charge in [-0.15, -0.1) is 11.6 Å². The average Bonchev–Trinajstić information content (AvgIpc) is 2.85. The van der Waals surface area contributed by atoms with Crippen LogP contribution in [0.25, 0.3) is 5.69 Å². The zero-order valence-electron chi connectivity index (χ0n) is 9.90. The third kappa shape index (κ3) is 2.00. The van der Waals surface area contributed by atoms with Crippen molar-refractivity contribution in [3.63, 3.8) is 0 Å². The number of aromatic nitrogens is 2. The number of hydrogen-bond donors (Lipinski definition) is 0. The Kier molecular flexibility index (Phi) is 3.07. The van der Waals surface area contributed by atoms with Crippen molar-refractivity contribution in [3.05, 3.63) is 35.5 Å². The zero-order chi connectivity index (χ0) is 12.6. The van der Waals surface area contributed by atoms with Crippen molar-refractivity contribution in [2.75, 3.05) is 0 Å². The van der Waals surface area contributed by atoms with Crippen molar-refractivity contribution in [2.24, 2.45) is 0 Å². The minimum atomic E-state index is -0.522. The normalized spacial score (nSPS) is 12.7. The molecule has 0 aliphatic carbocycles. The van der Waals surface area contributed by atoms with Crippen LogP contribution in [0.1, 0.15) is 28.7 Å². The molecular weight excluding hydrogens is 240 g/mol. The first-order chi connectivity index (χ1) is 8.02. The summed E-state index contributed by atoms with van der Waals surface area (Å²) in [5.41, 5.74) is 3.25. The quantitative estimate of drug-likeness (QED) is 0.623. The summed E-state index contributed by atoms with van der Waals surface area (Å²) in [6.45, 7) is 5.48. The van der Waals surface area contributed by atoms with Gasteiger partial charge < -0.3 is 9.09 Å². The molecule has 5 heteroatoms. The molecule has 17 heavy (non-hydrogen) atoms. The number of nitrogens with zero attached hydrogens (tertiary/aromatic N) is 2. The van der Waals surface area contributed by atoms with E-state index in [4.69, 9.17) is 16.1 Å². The molecule has 0 saturated heterocycles. The molecule has 0 bridgehead atoms. The van der Waals surface area contributed by atoms with Gasteiger partial charge in [-0.05, 0) is 26.8 Å². The Bertz CT molecular complexity index is 541. The molecule has 0 aromatic carbocycles. The van der Waals surface area contributed by atoms with E-state index in [1.54, 1.807) is 19.4 Å². The number of halogens is 1. The number of aryl methyl sites for hydroxylation is 1. The van der Waals surface area contributed by atoms with Gasteiger partial charge in [0.15, 0.2) is 5.78 Å². The molecule has 2 aromatic heterocycles. The summed E-state index contributed by atoms with van der Waals surface area (Å²) in [6.07, 6.45) is 3.15. The van der Waals surface area contributed by atoms with Gasteiger partial charge in [0.2, 0.25) is 0 Å². The van der Waals surface area contributed by atoms with Crippen molar-refractivity contribution in [2.45, 2.75) is 26.1 Å². The van der Waals surface area contributed by atoms with Crippen LogP contribution in [0.4, 0.5) is 0 Å². The fourth-order valence-electron chi connectivity index (χ4n) is 1.93. The predicted molar refractivity (Wildman–Crippen MR) is 64.9 cm³/mol. The van der Waals surface area contributed by atoms with E-state index in [1.165, 1.54) is 0 Å². The van der Waals surface area contributed by atoms with Crippen LogP contribution < -0.4 is 0 Å². The lowest BCUT2D eigenvalue weighted by Crippen LogP contribution is -2.11. The number of ketones is 1. The van der Waals surface area contributed by atoms with Gasteiger partial charge >= 0.3 is 0 Å². The van der Waals surface area contributed by atoms with E-state index in [2.05, 4.69) is 5.16 Å². The van der Waals surface area contributed by atoms with Crippen molar-refractivity contribution in [1.82, 2.24) is 9.72 Å². The van der Waals surface area contributed by atoms with Gasteiger partial charge in [0.25, 0.3) is 0 Å². The van der Waals surface area contributed by atoms with Gasteiger partial charge in [-0.25, -0.2) is 0 Å². The first-order valence-electron chi connectivity index (χ1n) is 5.29. The molecule has 2 aromatic rings. The molecule has 0 aliphatic rings. The number of hydrogen-bond acceptors (Lipinski definition) is 3. The highest BCUT2D eigenvalue weighted by Gasteiger charge is 2.20. The Hall–Kier alpha value is -1.55. The average molecular weight is 253 g/mol. The highest BCUT2D eigenvalue weighted by atomic mass is 35.5. The topological polar surface area (TPSA) is 48.0 Å². The van der Waals surface area contributed by atoms with Crippen LogP contribution in [0, 0.1) is 13.8 Å². The number of carbonyl (C=O) groups excluding carboxylic acids is 1. The molecule has 0 N–H and O–H groups in total. The molecule has 4 nitrogen and oxygen atoms in total. The molecule has 90 valence electrons. The van der Waals surface area contributed by atoms with E-state index in [0.29, 0.717) is 5.56 Å². The summed E-state index contributed by atoms with van der Waals surface area (Å²) < 4.78 is 6.73. The SMILES string of the molecule is Cc1cc(C(=O)C(C)Cl)c(C)n1-c1cnoc1. The fraction of sp³-hybridized carbons (Fsp3) is 0.333. The Morgan fingerprint density at radius 2 is 2.24 bits per heavy atom. The van der Waals surface area contributed by atoms with Gasteiger partial charge in [0.05, 0.1) is 11.6 Å². The molecule has 0 aliphatic heterocycles. The van der Waals surface area contributed by atoms with Crippen LogP contribution in [-0.2, 0) is 0 Å². The van der Waals surface area contributed by atoms with Gasteiger partial charge in [0.1, 0.15) is 12.0 Å². The second kappa shape index (κ2) is 4.37. The molecule has 0 spiro atoms. The molecule has 0 fully saturated rings. The van der Waals surface area contributed by atoms with E-state index in [1.807, 2.05) is 24.5 Å². The second-order valence-electron chi connectivity index (χ2n) is 3.98. The lowest BCUT2D eigenvalue weighted by molar-refractivity contribution is 0.0991. The summed E-state index contributed by atoms with van der Waals surface area (Å²) in [5, 5.41) is 3.14. The van der Waals surface area contributed by atoms with Crippen molar-refractivity contribution in [1.29, 1.82) is 0 Å². The summed E-state index contributed by atoms with van der Waals surface area (Å²) in [4.78, 5) is 11.9. The smallest absolute Gasteiger partial charge is 0.182 e. The van der Waals surface area contributed by atoms with E-state index in [-0.39, 0.29) is 5.78 Å². The lowest BCUT2D eigenvalue weighted by Gasteiger charge is -2.06. The van der Waals surface area contributed by atoms with Crippen LogP contribution in [0.15, 0.2) is 23.0 Å². The zero-order valence-corrected chi connectivity index (χ0v) is 10.7. The number of alkyl halides is 1. The van der Waals surface area contributed by atoms with Crippen LogP contribution in [0.2, 0.25) is 0 Å². The van der Waals surface area contributed by atoms with Gasteiger partial charge in [-0.2, -0.15) is 0 Å².